The van der Waals surface area contributed by atoms with Crippen molar-refractivity contribution in [3.63, 3.8) is 0 Å². The van der Waals surface area contributed by atoms with Crippen LogP contribution in [-0.4, -0.2) is 146 Å². The fourth-order valence-electron chi connectivity index (χ4n) is 8.70. The Labute approximate surface area is 444 Å². The quantitative estimate of drug-likeness (QED) is 0.0367. The molecular formula is C53H59F9N8O8. The summed E-state index contributed by atoms with van der Waals surface area (Å²) in [5, 5.41) is 16.8. The lowest BCUT2D eigenvalue weighted by molar-refractivity contribution is -0.231. The molecule has 422 valence electrons. The average Bonchev–Trinajstić information content (AvgIpc) is 3.41. The molecule has 25 heteroatoms. The number of halogens is 9. The number of hydrogen-bond donors (Lipinski definition) is 4. The molecule has 0 spiro atoms. The van der Waals surface area contributed by atoms with Crippen molar-refractivity contribution in [1.29, 1.82) is 0 Å². The highest BCUT2D eigenvalue weighted by Gasteiger charge is 2.57. The Morgan fingerprint density at radius 1 is 0.821 bits per heavy atom. The van der Waals surface area contributed by atoms with Gasteiger partial charge in [-0.15, -0.1) is 0 Å². The molecule has 16 nitrogen and oxygen atoms in total. The number of alkyl halides is 6. The number of benzene rings is 2. The molecule has 5 atom stereocenters. The van der Waals surface area contributed by atoms with E-state index in [1.54, 1.807) is 18.3 Å². The Kier molecular flexibility index (Phi) is 19.5. The third kappa shape index (κ3) is 15.0. The van der Waals surface area contributed by atoms with Crippen LogP contribution in [0.2, 0.25) is 0 Å². The standard InChI is InChI=1S/C53H59F9N8O8/c1-50(2,52(57,58)59)38(25-45(72)76-5)47(73)67-70(28-37-39(55)22-34(23-40(37)56)41-24-35(54)15-16-63-41)29-43(71)42(65-48(74)46(66-49(75)77-6)51(3,4)53(60,61)62)21-32-10-7-31(8-11-32)9-12-33-13-14-44(64-26-33)69-18-17-68-19-20-78-30-36(68)27-69/h7-8,10-11,13-16,22-24,26,36,38,42-43,46,71H,17-21,25,27-30H2,1-6H3,(H,65,74)(H,66,75)(H,67,73)/t36-,38-,42+,43+,46-/m1/s1. The number of carbonyl (C=O) groups excluding carboxylic acids is 4. The normalized spacial score (nSPS) is 16.9. The van der Waals surface area contributed by atoms with Crippen LogP contribution < -0.4 is 21.0 Å². The van der Waals surface area contributed by atoms with Crippen LogP contribution in [0.25, 0.3) is 11.3 Å². The van der Waals surface area contributed by atoms with Crippen molar-refractivity contribution in [2.45, 2.75) is 83.7 Å². The molecule has 2 aliphatic rings. The summed E-state index contributed by atoms with van der Waals surface area (Å²) < 4.78 is 148. The van der Waals surface area contributed by atoms with Crippen LogP contribution in [0.5, 0.6) is 0 Å². The number of hydrazine groups is 1. The SMILES string of the molecule is COC(=O)C[C@H](C(=O)NN(Cc1c(F)cc(-c2cc(F)ccn2)cc1F)C[C@H](O)[C@H](Cc1ccc(C#Cc2ccc(N3CCN4CCOC[C@H]4C3)nc2)cc1)NC(=O)[C@@H](NC(=O)OC)C(C)(C)C(F)(F)F)C(C)(C)C(F)(F)F. The van der Waals surface area contributed by atoms with E-state index in [0.29, 0.717) is 62.6 Å². The van der Waals surface area contributed by atoms with Crippen molar-refractivity contribution in [2.24, 2.45) is 16.7 Å². The van der Waals surface area contributed by atoms with E-state index in [-0.39, 0.29) is 17.3 Å². The lowest BCUT2D eigenvalue weighted by Gasteiger charge is -2.44. The van der Waals surface area contributed by atoms with E-state index in [4.69, 9.17) is 4.74 Å². The maximum atomic E-state index is 16.0. The van der Waals surface area contributed by atoms with Crippen molar-refractivity contribution in [1.82, 2.24) is 35.9 Å². The number of morpholine rings is 1. The number of rotatable bonds is 18. The van der Waals surface area contributed by atoms with Gasteiger partial charge in [0.2, 0.25) is 11.8 Å². The number of nitrogens with one attached hydrogen (secondary N) is 3. The minimum atomic E-state index is -5.15. The van der Waals surface area contributed by atoms with E-state index in [0.717, 1.165) is 76.7 Å². The minimum absolute atomic E-state index is 0.199. The third-order valence-corrected chi connectivity index (χ3v) is 13.9. The Morgan fingerprint density at radius 3 is 2.08 bits per heavy atom. The first-order valence-corrected chi connectivity index (χ1v) is 24.4. The lowest BCUT2D eigenvalue weighted by Crippen LogP contribution is -2.62. The molecule has 2 aromatic heterocycles. The second kappa shape index (κ2) is 25.2. The molecule has 0 bridgehead atoms. The smallest absolute Gasteiger partial charge is 0.407 e. The zero-order valence-electron chi connectivity index (χ0n) is 43.3. The van der Waals surface area contributed by atoms with Crippen LogP contribution in [0.4, 0.5) is 50.1 Å². The summed E-state index contributed by atoms with van der Waals surface area (Å²) in [5.41, 5.74) is -3.85. The van der Waals surface area contributed by atoms with E-state index < -0.39 is 120 Å². The van der Waals surface area contributed by atoms with Crippen LogP contribution >= 0.6 is 0 Å². The Hall–Kier alpha value is -7.01. The molecule has 0 unspecified atom stereocenters. The second-order valence-corrected chi connectivity index (χ2v) is 19.9. The van der Waals surface area contributed by atoms with Crippen LogP contribution in [-0.2, 0) is 41.6 Å². The molecule has 4 heterocycles. The van der Waals surface area contributed by atoms with Gasteiger partial charge in [-0.3, -0.25) is 29.7 Å². The summed E-state index contributed by atoms with van der Waals surface area (Å²) >= 11 is 0. The summed E-state index contributed by atoms with van der Waals surface area (Å²) in [6, 6.07) is 9.25. The maximum Gasteiger partial charge on any atom is 0.407 e. The third-order valence-electron chi connectivity index (χ3n) is 13.9. The molecule has 6 rings (SSSR count). The lowest BCUT2D eigenvalue weighted by atomic mass is 9.75. The number of hydrogen-bond acceptors (Lipinski definition) is 13. The highest BCUT2D eigenvalue weighted by molar-refractivity contribution is 5.87. The number of aliphatic hydroxyl groups excluding tert-OH is 1. The predicted molar refractivity (Wildman–Crippen MR) is 264 cm³/mol. The first kappa shape index (κ1) is 60.2. The zero-order valence-corrected chi connectivity index (χ0v) is 43.3. The fourth-order valence-corrected chi connectivity index (χ4v) is 8.70. The van der Waals surface area contributed by atoms with Gasteiger partial charge < -0.3 is 34.9 Å². The number of alkyl carbamates (subject to hydrolysis) is 1. The van der Waals surface area contributed by atoms with Crippen LogP contribution in [0.15, 0.2) is 73.1 Å². The van der Waals surface area contributed by atoms with Crippen LogP contribution in [0.1, 0.15) is 56.4 Å². The molecule has 4 N–H and O–H groups in total. The molecule has 4 aromatic rings. The van der Waals surface area contributed by atoms with Crippen molar-refractivity contribution < 1.29 is 78.0 Å². The van der Waals surface area contributed by atoms with Gasteiger partial charge in [-0.1, -0.05) is 37.8 Å². The first-order valence-electron chi connectivity index (χ1n) is 24.4. The number of nitrogens with zero attached hydrogens (tertiary/aromatic N) is 5. The second-order valence-electron chi connectivity index (χ2n) is 19.9. The van der Waals surface area contributed by atoms with Gasteiger partial charge in [0.05, 0.1) is 74.5 Å². The number of piperazine rings is 1. The summed E-state index contributed by atoms with van der Waals surface area (Å²) in [6.45, 7) is 4.97. The van der Waals surface area contributed by atoms with Crippen molar-refractivity contribution in [3.05, 3.63) is 113 Å². The Balaban J connectivity index is 1.33. The van der Waals surface area contributed by atoms with E-state index in [1.807, 2.05) is 17.4 Å². The van der Waals surface area contributed by atoms with Gasteiger partial charge in [0.1, 0.15) is 29.3 Å². The molecule has 2 saturated heterocycles. The minimum Gasteiger partial charge on any atom is -0.469 e. The number of pyridine rings is 2. The van der Waals surface area contributed by atoms with Gasteiger partial charge in [0.25, 0.3) is 0 Å². The molecule has 0 aliphatic carbocycles. The molecular weight excluding hydrogens is 1050 g/mol. The zero-order chi connectivity index (χ0) is 57.3. The summed E-state index contributed by atoms with van der Waals surface area (Å²) in [6.07, 6.45) is -12.8. The Bertz CT molecular complexity index is 2800. The topological polar surface area (TPSA) is 188 Å². The molecule has 0 radical (unpaired) electrons. The number of amides is 3. The van der Waals surface area contributed by atoms with Crippen LogP contribution in [0, 0.1) is 46.0 Å². The van der Waals surface area contributed by atoms with E-state index in [1.165, 1.54) is 12.1 Å². The van der Waals surface area contributed by atoms with Gasteiger partial charge in [-0.05, 0) is 68.3 Å². The fraction of sp³-hybridized carbons (Fsp3) is 0.472. The van der Waals surface area contributed by atoms with Crippen molar-refractivity contribution >= 4 is 29.7 Å². The number of anilines is 1. The molecule has 2 fully saturated rings. The summed E-state index contributed by atoms with van der Waals surface area (Å²) in [5.74, 6) is -3.29. The monoisotopic (exact) mass is 1110 g/mol. The average molecular weight is 1110 g/mol. The summed E-state index contributed by atoms with van der Waals surface area (Å²) in [4.78, 5) is 66.1. The molecule has 78 heavy (non-hydrogen) atoms. The van der Waals surface area contributed by atoms with Crippen molar-refractivity contribution in [3.8, 4) is 23.1 Å². The van der Waals surface area contributed by atoms with E-state index >= 15 is 8.78 Å². The predicted octanol–water partition coefficient (Wildman–Crippen LogP) is 6.48. The largest absolute Gasteiger partial charge is 0.469 e. The number of aromatic nitrogens is 2. The molecule has 2 aliphatic heterocycles. The van der Waals surface area contributed by atoms with Crippen molar-refractivity contribution in [2.75, 3.05) is 65.1 Å². The number of methoxy groups -OCH3 is 2. The van der Waals surface area contributed by atoms with Gasteiger partial charge >= 0.3 is 24.4 Å². The van der Waals surface area contributed by atoms with Gasteiger partial charge in [0.15, 0.2) is 0 Å². The summed E-state index contributed by atoms with van der Waals surface area (Å²) in [7, 11) is 1.69. The first-order chi connectivity index (χ1) is 36.6. The highest BCUT2D eigenvalue weighted by atomic mass is 19.4. The number of carbonyl (C=O) groups is 4. The van der Waals surface area contributed by atoms with E-state index in [2.05, 4.69) is 51.8 Å². The van der Waals surface area contributed by atoms with Gasteiger partial charge in [0, 0.05) is 80.0 Å². The highest BCUT2D eigenvalue weighted by Crippen LogP contribution is 2.45. The van der Waals surface area contributed by atoms with Crippen LogP contribution in [0.3, 0.4) is 0 Å². The molecule has 3 amide bonds. The number of esters is 1. The Morgan fingerprint density at radius 2 is 1.47 bits per heavy atom. The maximum absolute atomic E-state index is 16.0. The van der Waals surface area contributed by atoms with Gasteiger partial charge in [-0.2, -0.15) is 26.3 Å². The number of ether oxygens (including phenoxy) is 3. The molecule has 0 saturated carbocycles. The van der Waals surface area contributed by atoms with E-state index in [9.17, 15) is 55.0 Å². The number of aliphatic hydroxyl groups is 1. The van der Waals surface area contributed by atoms with Gasteiger partial charge in [-0.25, -0.2) is 28.0 Å². The number of fused-ring (bicyclic) bond motifs is 1. The molecule has 2 aromatic carbocycles.